The van der Waals surface area contributed by atoms with Gasteiger partial charge in [-0.1, -0.05) is 37.1 Å². The highest BCUT2D eigenvalue weighted by Crippen LogP contribution is 2.16. The summed E-state index contributed by atoms with van der Waals surface area (Å²) in [7, 11) is 0. The number of rotatable bonds is 10. The summed E-state index contributed by atoms with van der Waals surface area (Å²) in [5, 5.41) is 6.42. The van der Waals surface area contributed by atoms with Crippen LogP contribution in [0.1, 0.15) is 49.4 Å². The zero-order valence-electron chi connectivity index (χ0n) is 16.9. The zero-order chi connectivity index (χ0) is 20.4. The molecule has 1 atom stereocenters. The summed E-state index contributed by atoms with van der Waals surface area (Å²) in [6.45, 7) is 5.39. The van der Waals surface area contributed by atoms with Crippen molar-refractivity contribution in [2.75, 3.05) is 31.6 Å². The molecule has 0 aromatic heterocycles. The zero-order valence-corrected chi connectivity index (χ0v) is 18.5. The SMILES string of the molecule is CCCCN1CCC(NC(=O)C(CCSC)NC(=O)c2ccccc2Cl)CC1. The average Bonchev–Trinajstić information content (AvgIpc) is 2.70. The maximum Gasteiger partial charge on any atom is 0.253 e. The van der Waals surface area contributed by atoms with Crippen molar-refractivity contribution >= 4 is 35.2 Å². The van der Waals surface area contributed by atoms with Gasteiger partial charge < -0.3 is 15.5 Å². The molecule has 2 N–H and O–H groups in total. The summed E-state index contributed by atoms with van der Waals surface area (Å²) in [5.41, 5.74) is 0.398. The van der Waals surface area contributed by atoms with Gasteiger partial charge in [0.25, 0.3) is 5.91 Å². The first-order valence-electron chi connectivity index (χ1n) is 10.1. The average molecular weight is 426 g/mol. The minimum atomic E-state index is -0.547. The summed E-state index contributed by atoms with van der Waals surface area (Å²) in [5.74, 6) is 0.402. The number of thioether (sulfide) groups is 1. The van der Waals surface area contributed by atoms with Crippen molar-refractivity contribution in [1.82, 2.24) is 15.5 Å². The minimum Gasteiger partial charge on any atom is -0.351 e. The van der Waals surface area contributed by atoms with Crippen LogP contribution in [0, 0.1) is 0 Å². The van der Waals surface area contributed by atoms with E-state index in [1.807, 2.05) is 6.26 Å². The highest BCUT2D eigenvalue weighted by atomic mass is 35.5. The van der Waals surface area contributed by atoms with E-state index in [2.05, 4.69) is 22.5 Å². The Morgan fingerprint density at radius 1 is 1.29 bits per heavy atom. The second-order valence-electron chi connectivity index (χ2n) is 7.27. The van der Waals surface area contributed by atoms with E-state index in [0.29, 0.717) is 17.0 Å². The monoisotopic (exact) mass is 425 g/mol. The summed E-state index contributed by atoms with van der Waals surface area (Å²) in [6.07, 6.45) is 6.95. The van der Waals surface area contributed by atoms with Crippen molar-refractivity contribution in [3.63, 3.8) is 0 Å². The van der Waals surface area contributed by atoms with Crippen LogP contribution in [0.15, 0.2) is 24.3 Å². The Balaban J connectivity index is 1.90. The predicted molar refractivity (Wildman–Crippen MR) is 118 cm³/mol. The quantitative estimate of drug-likeness (QED) is 0.601. The van der Waals surface area contributed by atoms with Gasteiger partial charge >= 0.3 is 0 Å². The van der Waals surface area contributed by atoms with Gasteiger partial charge in [-0.3, -0.25) is 9.59 Å². The Morgan fingerprint density at radius 2 is 2.00 bits per heavy atom. The number of unbranched alkanes of at least 4 members (excludes halogenated alkanes) is 1. The van der Waals surface area contributed by atoms with Crippen molar-refractivity contribution in [1.29, 1.82) is 0 Å². The number of nitrogens with one attached hydrogen (secondary N) is 2. The molecule has 2 amide bonds. The van der Waals surface area contributed by atoms with Gasteiger partial charge in [0, 0.05) is 19.1 Å². The number of piperidine rings is 1. The summed E-state index contributed by atoms with van der Waals surface area (Å²) in [6, 6.07) is 6.54. The van der Waals surface area contributed by atoms with Gasteiger partial charge in [-0.05, 0) is 56.4 Å². The maximum atomic E-state index is 12.8. The van der Waals surface area contributed by atoms with Crippen LogP contribution >= 0.6 is 23.4 Å². The van der Waals surface area contributed by atoms with Gasteiger partial charge in [0.05, 0.1) is 10.6 Å². The second-order valence-corrected chi connectivity index (χ2v) is 8.66. The second kappa shape index (κ2) is 12.3. The lowest BCUT2D eigenvalue weighted by Gasteiger charge is -2.33. The molecule has 0 radical (unpaired) electrons. The lowest BCUT2D eigenvalue weighted by Crippen LogP contribution is -2.52. The smallest absolute Gasteiger partial charge is 0.253 e. The Morgan fingerprint density at radius 3 is 2.64 bits per heavy atom. The van der Waals surface area contributed by atoms with Gasteiger partial charge in [0.2, 0.25) is 5.91 Å². The van der Waals surface area contributed by atoms with E-state index in [-0.39, 0.29) is 17.9 Å². The molecule has 0 aliphatic carbocycles. The first-order valence-corrected chi connectivity index (χ1v) is 11.9. The van der Waals surface area contributed by atoms with E-state index in [1.54, 1.807) is 36.0 Å². The minimum absolute atomic E-state index is 0.0959. The third-order valence-electron chi connectivity index (χ3n) is 5.11. The van der Waals surface area contributed by atoms with E-state index in [0.717, 1.165) is 38.2 Å². The summed E-state index contributed by atoms with van der Waals surface area (Å²) in [4.78, 5) is 27.9. The van der Waals surface area contributed by atoms with Crippen LogP contribution in [0.3, 0.4) is 0 Å². The lowest BCUT2D eigenvalue weighted by atomic mass is 10.0. The van der Waals surface area contributed by atoms with Crippen molar-refractivity contribution in [3.8, 4) is 0 Å². The molecule has 1 unspecified atom stereocenters. The van der Waals surface area contributed by atoms with E-state index < -0.39 is 6.04 Å². The molecule has 1 heterocycles. The highest BCUT2D eigenvalue weighted by molar-refractivity contribution is 7.98. The molecule has 156 valence electrons. The first-order chi connectivity index (χ1) is 13.5. The first kappa shape index (κ1) is 23.0. The van der Waals surface area contributed by atoms with E-state index in [9.17, 15) is 9.59 Å². The molecule has 1 aliphatic heterocycles. The third kappa shape index (κ3) is 7.30. The molecule has 1 aromatic carbocycles. The van der Waals surface area contributed by atoms with Crippen LogP contribution in [-0.2, 0) is 4.79 Å². The molecule has 1 saturated heterocycles. The predicted octanol–water partition coefficient (Wildman–Crippen LogP) is 3.57. The van der Waals surface area contributed by atoms with E-state index in [1.165, 1.54) is 12.8 Å². The highest BCUT2D eigenvalue weighted by Gasteiger charge is 2.26. The fourth-order valence-corrected chi connectivity index (χ4v) is 4.06. The fraction of sp³-hybridized carbons (Fsp3) is 0.619. The van der Waals surface area contributed by atoms with Crippen LogP contribution < -0.4 is 10.6 Å². The number of amides is 2. The van der Waals surface area contributed by atoms with Crippen LogP contribution in [-0.4, -0.2) is 60.4 Å². The van der Waals surface area contributed by atoms with E-state index in [4.69, 9.17) is 11.6 Å². The van der Waals surface area contributed by atoms with Crippen molar-refractivity contribution in [2.45, 2.75) is 51.1 Å². The van der Waals surface area contributed by atoms with Gasteiger partial charge in [0.1, 0.15) is 6.04 Å². The molecule has 28 heavy (non-hydrogen) atoms. The number of hydrogen-bond donors (Lipinski definition) is 2. The maximum absolute atomic E-state index is 12.8. The topological polar surface area (TPSA) is 61.4 Å². The molecule has 0 spiro atoms. The van der Waals surface area contributed by atoms with Crippen molar-refractivity contribution < 1.29 is 9.59 Å². The number of carbonyl (C=O) groups excluding carboxylic acids is 2. The molecule has 0 saturated carbocycles. The number of halogens is 1. The number of nitrogens with zero attached hydrogens (tertiary/aromatic N) is 1. The van der Waals surface area contributed by atoms with Crippen LogP contribution in [0.25, 0.3) is 0 Å². The van der Waals surface area contributed by atoms with Gasteiger partial charge in [-0.15, -0.1) is 0 Å². The van der Waals surface area contributed by atoms with Crippen LogP contribution in [0.5, 0.6) is 0 Å². The Kier molecular flexibility index (Phi) is 10.2. The van der Waals surface area contributed by atoms with E-state index >= 15 is 0 Å². The largest absolute Gasteiger partial charge is 0.351 e. The van der Waals surface area contributed by atoms with Crippen LogP contribution in [0.4, 0.5) is 0 Å². The number of hydrogen-bond acceptors (Lipinski definition) is 4. The summed E-state index contributed by atoms with van der Waals surface area (Å²) >= 11 is 7.79. The molecular weight excluding hydrogens is 394 g/mol. The molecule has 7 heteroatoms. The molecule has 5 nitrogen and oxygen atoms in total. The molecule has 1 aliphatic rings. The lowest BCUT2D eigenvalue weighted by molar-refractivity contribution is -0.124. The Hall–Kier alpha value is -1.24. The summed E-state index contributed by atoms with van der Waals surface area (Å²) < 4.78 is 0. The Bertz CT molecular complexity index is 636. The normalized spacial score (nSPS) is 16.5. The van der Waals surface area contributed by atoms with Gasteiger partial charge in [-0.25, -0.2) is 0 Å². The molecular formula is C21H32ClN3O2S. The Labute approximate surface area is 178 Å². The molecule has 0 bridgehead atoms. The molecule has 2 rings (SSSR count). The van der Waals surface area contributed by atoms with Gasteiger partial charge in [-0.2, -0.15) is 11.8 Å². The standard InChI is InChI=1S/C21H32ClN3O2S/c1-3-4-12-25-13-9-16(10-14-25)23-21(27)19(11-15-28-2)24-20(26)17-7-5-6-8-18(17)22/h5-8,16,19H,3-4,9-15H2,1-2H3,(H,23,27)(H,24,26). The van der Waals surface area contributed by atoms with Crippen molar-refractivity contribution in [3.05, 3.63) is 34.9 Å². The van der Waals surface area contributed by atoms with Crippen molar-refractivity contribution in [2.24, 2.45) is 0 Å². The number of benzene rings is 1. The molecule has 1 aromatic rings. The number of carbonyl (C=O) groups is 2. The van der Waals surface area contributed by atoms with Crippen LogP contribution in [0.2, 0.25) is 5.02 Å². The molecule has 1 fully saturated rings. The fourth-order valence-electron chi connectivity index (χ4n) is 3.37. The third-order valence-corrected chi connectivity index (χ3v) is 6.09. The van der Waals surface area contributed by atoms with Gasteiger partial charge in [0.15, 0.2) is 0 Å². The number of likely N-dealkylation sites (tertiary alicyclic amines) is 1.